The third kappa shape index (κ3) is 2.53. The molecule has 0 amide bonds. The van der Waals surface area contributed by atoms with E-state index in [2.05, 4.69) is 14.9 Å². The van der Waals surface area contributed by atoms with Crippen molar-refractivity contribution < 1.29 is 4.74 Å². The number of aromatic amines is 1. The molecule has 4 nitrogen and oxygen atoms in total. The van der Waals surface area contributed by atoms with Crippen LogP contribution in [-0.2, 0) is 6.54 Å². The van der Waals surface area contributed by atoms with Crippen molar-refractivity contribution in [2.45, 2.75) is 13.5 Å². The Kier molecular flexibility index (Phi) is 3.54. The highest BCUT2D eigenvalue weighted by Gasteiger charge is 2.11. The quantitative estimate of drug-likeness (QED) is 0.852. The fourth-order valence-corrected chi connectivity index (χ4v) is 1.97. The van der Waals surface area contributed by atoms with Crippen molar-refractivity contribution in [3.8, 4) is 5.75 Å². The van der Waals surface area contributed by atoms with Gasteiger partial charge in [-0.15, -0.1) is 0 Å². The zero-order valence-electron chi connectivity index (χ0n) is 10.2. The molecule has 0 radical (unpaired) electrons. The number of ether oxygens (including phenoxy) is 1. The molecule has 0 saturated heterocycles. The van der Waals surface area contributed by atoms with Gasteiger partial charge in [-0.1, -0.05) is 11.6 Å². The lowest BCUT2D eigenvalue weighted by Crippen LogP contribution is -2.10. The van der Waals surface area contributed by atoms with E-state index in [0.29, 0.717) is 17.5 Å². The summed E-state index contributed by atoms with van der Waals surface area (Å²) in [5.41, 5.74) is 3.00. The molecular formula is C12H16ClN3O. The lowest BCUT2D eigenvalue weighted by Gasteiger charge is -2.08. The SMILES string of the molecule is CCOc1cc2[nH]cc(CN(C)C)c2nc1Cl. The standard InChI is InChI=1S/C12H16ClN3O/c1-4-17-10-5-9-11(15-12(10)13)8(6-14-9)7-16(2)3/h5-6,14H,4,7H2,1-3H3. The second-order valence-electron chi connectivity index (χ2n) is 4.16. The number of aromatic nitrogens is 2. The van der Waals surface area contributed by atoms with Gasteiger partial charge in [-0.3, -0.25) is 0 Å². The first-order valence-electron chi connectivity index (χ1n) is 5.56. The van der Waals surface area contributed by atoms with Gasteiger partial charge in [-0.25, -0.2) is 4.98 Å². The summed E-state index contributed by atoms with van der Waals surface area (Å²) in [5, 5.41) is 0.416. The van der Waals surface area contributed by atoms with E-state index in [4.69, 9.17) is 16.3 Å². The predicted molar refractivity (Wildman–Crippen MR) is 69.7 cm³/mol. The summed E-state index contributed by atoms with van der Waals surface area (Å²) in [4.78, 5) is 9.67. The van der Waals surface area contributed by atoms with Crippen molar-refractivity contribution >= 4 is 22.6 Å². The molecule has 92 valence electrons. The van der Waals surface area contributed by atoms with Crippen molar-refractivity contribution in [3.63, 3.8) is 0 Å². The molecule has 0 atom stereocenters. The number of hydrogen-bond donors (Lipinski definition) is 1. The van der Waals surface area contributed by atoms with Gasteiger partial charge in [0.25, 0.3) is 0 Å². The van der Waals surface area contributed by atoms with Crippen LogP contribution in [0.2, 0.25) is 5.15 Å². The molecule has 0 saturated carbocycles. The molecule has 0 aromatic carbocycles. The predicted octanol–water partition coefficient (Wildman–Crippen LogP) is 2.68. The first-order valence-corrected chi connectivity index (χ1v) is 5.93. The molecule has 0 aliphatic carbocycles. The molecule has 0 fully saturated rings. The van der Waals surface area contributed by atoms with Crippen molar-refractivity contribution in [2.24, 2.45) is 0 Å². The largest absolute Gasteiger partial charge is 0.491 e. The Morgan fingerprint density at radius 3 is 2.88 bits per heavy atom. The number of nitrogens with zero attached hydrogens (tertiary/aromatic N) is 2. The minimum atomic E-state index is 0.416. The van der Waals surface area contributed by atoms with Crippen LogP contribution in [0.5, 0.6) is 5.75 Å². The van der Waals surface area contributed by atoms with Gasteiger partial charge in [-0.05, 0) is 21.0 Å². The minimum absolute atomic E-state index is 0.416. The fraction of sp³-hybridized carbons (Fsp3) is 0.417. The summed E-state index contributed by atoms with van der Waals surface area (Å²) >= 11 is 6.08. The molecule has 0 aliphatic heterocycles. The van der Waals surface area contributed by atoms with Crippen molar-refractivity contribution in [1.29, 1.82) is 0 Å². The first kappa shape index (κ1) is 12.2. The van der Waals surface area contributed by atoms with E-state index in [1.54, 1.807) is 0 Å². The van der Waals surface area contributed by atoms with Gasteiger partial charge in [0.15, 0.2) is 10.9 Å². The van der Waals surface area contributed by atoms with Gasteiger partial charge in [0.1, 0.15) is 0 Å². The molecule has 0 aliphatic rings. The lowest BCUT2D eigenvalue weighted by molar-refractivity contribution is 0.339. The van der Waals surface area contributed by atoms with E-state index in [9.17, 15) is 0 Å². The number of H-pyrrole nitrogens is 1. The molecule has 2 heterocycles. The Bertz CT molecular complexity index is 522. The lowest BCUT2D eigenvalue weighted by atomic mass is 10.2. The van der Waals surface area contributed by atoms with Crippen LogP contribution >= 0.6 is 11.6 Å². The van der Waals surface area contributed by atoms with Crippen LogP contribution in [0, 0.1) is 0 Å². The van der Waals surface area contributed by atoms with E-state index in [1.165, 1.54) is 0 Å². The number of halogens is 1. The fourth-order valence-electron chi connectivity index (χ4n) is 1.78. The van der Waals surface area contributed by atoms with Crippen molar-refractivity contribution in [3.05, 3.63) is 23.0 Å². The summed E-state index contributed by atoms with van der Waals surface area (Å²) in [5.74, 6) is 0.625. The van der Waals surface area contributed by atoms with Crippen LogP contribution in [0.1, 0.15) is 12.5 Å². The maximum absolute atomic E-state index is 6.08. The number of rotatable bonds is 4. The summed E-state index contributed by atoms with van der Waals surface area (Å²) < 4.78 is 5.41. The van der Waals surface area contributed by atoms with E-state index < -0.39 is 0 Å². The van der Waals surface area contributed by atoms with E-state index in [1.807, 2.05) is 33.3 Å². The molecule has 5 heteroatoms. The Morgan fingerprint density at radius 2 is 2.24 bits per heavy atom. The van der Waals surface area contributed by atoms with Gasteiger partial charge in [0.05, 0.1) is 17.6 Å². The second-order valence-corrected chi connectivity index (χ2v) is 4.52. The monoisotopic (exact) mass is 253 g/mol. The number of hydrogen-bond acceptors (Lipinski definition) is 3. The normalized spacial score (nSPS) is 11.4. The Hall–Kier alpha value is -1.26. The number of pyridine rings is 1. The third-order valence-corrected chi connectivity index (χ3v) is 2.71. The van der Waals surface area contributed by atoms with Crippen LogP contribution in [-0.4, -0.2) is 35.6 Å². The number of nitrogens with one attached hydrogen (secondary N) is 1. The summed E-state index contributed by atoms with van der Waals surface area (Å²) in [6, 6.07) is 1.90. The molecule has 2 aromatic heterocycles. The molecule has 17 heavy (non-hydrogen) atoms. The molecule has 0 bridgehead atoms. The van der Waals surface area contributed by atoms with Crippen LogP contribution in [0.3, 0.4) is 0 Å². The average Bonchev–Trinajstić information content (AvgIpc) is 2.61. The minimum Gasteiger partial charge on any atom is -0.491 e. The third-order valence-electron chi connectivity index (χ3n) is 2.44. The summed E-state index contributed by atoms with van der Waals surface area (Å²) in [7, 11) is 4.05. The topological polar surface area (TPSA) is 41.1 Å². The average molecular weight is 254 g/mol. The van der Waals surface area contributed by atoms with E-state index in [0.717, 1.165) is 23.1 Å². The maximum Gasteiger partial charge on any atom is 0.171 e. The molecule has 2 rings (SSSR count). The maximum atomic E-state index is 6.08. The molecule has 0 unspecified atom stereocenters. The highest BCUT2D eigenvalue weighted by molar-refractivity contribution is 6.31. The summed E-state index contributed by atoms with van der Waals surface area (Å²) in [6.45, 7) is 3.34. The highest BCUT2D eigenvalue weighted by atomic mass is 35.5. The van der Waals surface area contributed by atoms with Crippen LogP contribution in [0.15, 0.2) is 12.3 Å². The van der Waals surface area contributed by atoms with Crippen molar-refractivity contribution in [2.75, 3.05) is 20.7 Å². The highest BCUT2D eigenvalue weighted by Crippen LogP contribution is 2.28. The van der Waals surface area contributed by atoms with Crippen LogP contribution in [0.25, 0.3) is 11.0 Å². The molecule has 2 aromatic rings. The number of fused-ring (bicyclic) bond motifs is 1. The summed E-state index contributed by atoms with van der Waals surface area (Å²) in [6.07, 6.45) is 1.96. The van der Waals surface area contributed by atoms with Gasteiger partial charge < -0.3 is 14.6 Å². The van der Waals surface area contributed by atoms with Crippen LogP contribution < -0.4 is 4.74 Å². The molecule has 1 N–H and O–H groups in total. The van der Waals surface area contributed by atoms with Gasteiger partial charge in [0.2, 0.25) is 0 Å². The smallest absolute Gasteiger partial charge is 0.171 e. The Morgan fingerprint density at radius 1 is 1.47 bits per heavy atom. The molecular weight excluding hydrogens is 238 g/mol. The van der Waals surface area contributed by atoms with Crippen molar-refractivity contribution in [1.82, 2.24) is 14.9 Å². The van der Waals surface area contributed by atoms with Crippen LogP contribution in [0.4, 0.5) is 0 Å². The van der Waals surface area contributed by atoms with Gasteiger partial charge in [0, 0.05) is 24.4 Å². The Labute approximate surface area is 106 Å². The Balaban J connectivity index is 2.45. The van der Waals surface area contributed by atoms with E-state index in [-0.39, 0.29) is 0 Å². The van der Waals surface area contributed by atoms with Gasteiger partial charge >= 0.3 is 0 Å². The first-order chi connectivity index (χ1) is 8.11. The van der Waals surface area contributed by atoms with Gasteiger partial charge in [-0.2, -0.15) is 0 Å². The molecule has 0 spiro atoms. The van der Waals surface area contributed by atoms with E-state index >= 15 is 0 Å². The zero-order chi connectivity index (χ0) is 12.4. The second kappa shape index (κ2) is 4.94. The zero-order valence-corrected chi connectivity index (χ0v) is 11.0.